The van der Waals surface area contributed by atoms with Gasteiger partial charge in [0.25, 0.3) is 5.56 Å². The lowest BCUT2D eigenvalue weighted by molar-refractivity contribution is 0.324. The minimum atomic E-state index is -0.0417. The number of aromatic nitrogens is 2. The molecule has 1 heterocycles. The first kappa shape index (κ1) is 22.7. The van der Waals surface area contributed by atoms with Gasteiger partial charge >= 0.3 is 0 Å². The van der Waals surface area contributed by atoms with E-state index in [2.05, 4.69) is 0 Å². The Balaban J connectivity index is 1.75. The van der Waals surface area contributed by atoms with E-state index in [1.807, 2.05) is 67.6 Å². The third kappa shape index (κ3) is 4.83. The normalized spacial score (nSPS) is 10.9. The summed E-state index contributed by atoms with van der Waals surface area (Å²) < 4.78 is 18.1. The van der Waals surface area contributed by atoms with Gasteiger partial charge in [-0.3, -0.25) is 9.36 Å². The van der Waals surface area contributed by atoms with Gasteiger partial charge in [-0.25, -0.2) is 4.98 Å². The third-order valence-corrected chi connectivity index (χ3v) is 6.40. The van der Waals surface area contributed by atoms with Crippen molar-refractivity contribution in [3.05, 3.63) is 87.7 Å². The Hall–Kier alpha value is -3.45. The van der Waals surface area contributed by atoms with Gasteiger partial charge in [0.15, 0.2) is 16.7 Å². The molecule has 0 saturated heterocycles. The molecule has 0 aliphatic heterocycles. The van der Waals surface area contributed by atoms with Gasteiger partial charge < -0.3 is 14.2 Å². The summed E-state index contributed by atoms with van der Waals surface area (Å²) in [5.74, 6) is 2.32. The van der Waals surface area contributed by atoms with Crippen LogP contribution in [0.5, 0.6) is 17.2 Å². The molecular weight excluding hydrogens is 436 g/mol. The average Bonchev–Trinajstić information content (AvgIpc) is 2.85. The molecule has 6 nitrogen and oxygen atoms in total. The molecule has 0 saturated carbocycles. The van der Waals surface area contributed by atoms with Gasteiger partial charge in [0.1, 0.15) is 0 Å². The maximum atomic E-state index is 13.5. The molecule has 0 atom stereocenters. The van der Waals surface area contributed by atoms with Crippen LogP contribution in [0.25, 0.3) is 10.9 Å². The molecule has 0 fully saturated rings. The Morgan fingerprint density at radius 3 is 2.21 bits per heavy atom. The zero-order valence-electron chi connectivity index (χ0n) is 19.1. The topological polar surface area (TPSA) is 62.6 Å². The van der Waals surface area contributed by atoms with E-state index in [9.17, 15) is 4.79 Å². The van der Waals surface area contributed by atoms with Crippen LogP contribution in [0, 0.1) is 6.92 Å². The van der Waals surface area contributed by atoms with Crippen molar-refractivity contribution in [2.45, 2.75) is 24.4 Å². The van der Waals surface area contributed by atoms with Crippen molar-refractivity contribution in [2.24, 2.45) is 0 Å². The fraction of sp³-hybridized carbons (Fsp3) is 0.231. The maximum absolute atomic E-state index is 13.5. The van der Waals surface area contributed by atoms with Crippen molar-refractivity contribution in [1.29, 1.82) is 0 Å². The van der Waals surface area contributed by atoms with Crippen LogP contribution in [0.1, 0.15) is 16.7 Å². The summed E-state index contributed by atoms with van der Waals surface area (Å²) in [5.41, 5.74) is 3.70. The van der Waals surface area contributed by atoms with Gasteiger partial charge in [0.2, 0.25) is 5.75 Å². The molecule has 0 amide bonds. The quantitative estimate of drug-likeness (QED) is 0.269. The van der Waals surface area contributed by atoms with Gasteiger partial charge in [-0.05, 0) is 42.3 Å². The lowest BCUT2D eigenvalue weighted by Gasteiger charge is -2.16. The summed E-state index contributed by atoms with van der Waals surface area (Å²) in [6, 6.07) is 19.6. The zero-order valence-corrected chi connectivity index (χ0v) is 19.9. The van der Waals surface area contributed by atoms with Crippen LogP contribution in [0.2, 0.25) is 0 Å². The summed E-state index contributed by atoms with van der Waals surface area (Å²) in [6.07, 6.45) is 0. The van der Waals surface area contributed by atoms with Crippen LogP contribution in [0.4, 0.5) is 0 Å². The highest BCUT2D eigenvalue weighted by Gasteiger charge is 2.16. The summed E-state index contributed by atoms with van der Waals surface area (Å²) in [7, 11) is 4.77. The summed E-state index contributed by atoms with van der Waals surface area (Å²) in [6.45, 7) is 2.43. The van der Waals surface area contributed by atoms with E-state index >= 15 is 0 Å². The standard InChI is InChI=1S/C26H26N2O4S/c1-17-10-11-21-20(12-17)25(29)28(15-18-8-6-5-7-9-18)26(27-21)33-16-19-13-22(30-2)24(32-4)23(14-19)31-3/h5-14H,15-16H2,1-4H3. The number of rotatable bonds is 8. The Morgan fingerprint density at radius 2 is 1.58 bits per heavy atom. The second-order valence-corrected chi connectivity index (χ2v) is 8.56. The van der Waals surface area contributed by atoms with Gasteiger partial charge in [0, 0.05) is 5.75 Å². The highest BCUT2D eigenvalue weighted by molar-refractivity contribution is 7.98. The van der Waals surface area contributed by atoms with Crippen molar-refractivity contribution in [3.63, 3.8) is 0 Å². The number of fused-ring (bicyclic) bond motifs is 1. The second kappa shape index (κ2) is 10.0. The average molecular weight is 463 g/mol. The molecule has 0 aliphatic carbocycles. The van der Waals surface area contributed by atoms with Gasteiger partial charge in [-0.15, -0.1) is 0 Å². The molecule has 0 unspecified atom stereocenters. The molecule has 1 aromatic heterocycles. The monoisotopic (exact) mass is 462 g/mol. The van der Waals surface area contributed by atoms with Crippen LogP contribution in [0.15, 0.2) is 70.6 Å². The molecule has 0 spiro atoms. The first-order valence-corrected chi connectivity index (χ1v) is 11.5. The highest BCUT2D eigenvalue weighted by atomic mass is 32.2. The predicted octanol–water partition coefficient (Wildman–Crippen LogP) is 5.07. The van der Waals surface area contributed by atoms with Crippen molar-refractivity contribution < 1.29 is 14.2 Å². The highest BCUT2D eigenvalue weighted by Crippen LogP contribution is 2.39. The van der Waals surface area contributed by atoms with E-state index in [0.29, 0.717) is 45.6 Å². The van der Waals surface area contributed by atoms with E-state index in [-0.39, 0.29) is 5.56 Å². The molecular formula is C26H26N2O4S. The summed E-state index contributed by atoms with van der Waals surface area (Å²) in [5, 5.41) is 1.29. The molecule has 0 radical (unpaired) electrons. The first-order chi connectivity index (χ1) is 16.0. The molecule has 0 aliphatic rings. The van der Waals surface area contributed by atoms with Crippen molar-refractivity contribution >= 4 is 22.7 Å². The van der Waals surface area contributed by atoms with Crippen LogP contribution < -0.4 is 19.8 Å². The van der Waals surface area contributed by atoms with E-state index < -0.39 is 0 Å². The summed E-state index contributed by atoms with van der Waals surface area (Å²) >= 11 is 1.50. The molecule has 33 heavy (non-hydrogen) atoms. The zero-order chi connectivity index (χ0) is 23.4. The van der Waals surface area contributed by atoms with Crippen molar-refractivity contribution in [2.75, 3.05) is 21.3 Å². The number of aryl methyl sites for hydroxylation is 1. The minimum Gasteiger partial charge on any atom is -0.493 e. The Kier molecular flexibility index (Phi) is 6.89. The number of benzene rings is 3. The third-order valence-electron chi connectivity index (χ3n) is 5.35. The number of hydrogen-bond acceptors (Lipinski definition) is 6. The van der Waals surface area contributed by atoms with Crippen molar-refractivity contribution in [1.82, 2.24) is 9.55 Å². The second-order valence-electron chi connectivity index (χ2n) is 7.61. The van der Waals surface area contributed by atoms with Gasteiger partial charge in [-0.1, -0.05) is 53.7 Å². The number of thioether (sulfide) groups is 1. The molecule has 0 N–H and O–H groups in total. The minimum absolute atomic E-state index is 0.0417. The Morgan fingerprint density at radius 1 is 0.879 bits per heavy atom. The van der Waals surface area contributed by atoms with E-state index in [1.165, 1.54) is 11.8 Å². The SMILES string of the molecule is COc1cc(CSc2nc3ccc(C)cc3c(=O)n2Cc2ccccc2)cc(OC)c1OC. The number of hydrogen-bond donors (Lipinski definition) is 0. The number of nitrogens with zero attached hydrogens (tertiary/aromatic N) is 2. The van der Waals surface area contributed by atoms with Gasteiger partial charge in [0.05, 0.1) is 38.8 Å². The van der Waals surface area contributed by atoms with Crippen LogP contribution in [-0.2, 0) is 12.3 Å². The lowest BCUT2D eigenvalue weighted by Crippen LogP contribution is -2.24. The van der Waals surface area contributed by atoms with Crippen LogP contribution in [-0.4, -0.2) is 30.9 Å². The van der Waals surface area contributed by atoms with Crippen LogP contribution in [0.3, 0.4) is 0 Å². The molecule has 4 rings (SSSR count). The Labute approximate surface area is 197 Å². The molecule has 3 aromatic carbocycles. The molecule has 7 heteroatoms. The lowest BCUT2D eigenvalue weighted by atomic mass is 10.1. The predicted molar refractivity (Wildman–Crippen MR) is 132 cm³/mol. The number of methoxy groups -OCH3 is 3. The number of ether oxygens (including phenoxy) is 3. The fourth-order valence-electron chi connectivity index (χ4n) is 3.70. The largest absolute Gasteiger partial charge is 0.493 e. The maximum Gasteiger partial charge on any atom is 0.262 e. The Bertz CT molecular complexity index is 1310. The first-order valence-electron chi connectivity index (χ1n) is 10.5. The molecule has 170 valence electrons. The van der Waals surface area contributed by atoms with E-state index in [1.54, 1.807) is 25.9 Å². The summed E-state index contributed by atoms with van der Waals surface area (Å²) in [4.78, 5) is 18.3. The van der Waals surface area contributed by atoms with Gasteiger partial charge in [-0.2, -0.15) is 0 Å². The van der Waals surface area contributed by atoms with Crippen molar-refractivity contribution in [3.8, 4) is 17.2 Å². The van der Waals surface area contributed by atoms with E-state index in [4.69, 9.17) is 19.2 Å². The van der Waals surface area contributed by atoms with Crippen LogP contribution >= 0.6 is 11.8 Å². The van der Waals surface area contributed by atoms with E-state index in [0.717, 1.165) is 16.7 Å². The molecule has 4 aromatic rings. The smallest absolute Gasteiger partial charge is 0.262 e. The molecule has 0 bridgehead atoms. The fourth-order valence-corrected chi connectivity index (χ4v) is 4.63.